The highest BCUT2D eigenvalue weighted by atomic mass is 16.7. The van der Waals surface area contributed by atoms with Crippen LogP contribution in [0.5, 0.6) is 0 Å². The van der Waals surface area contributed by atoms with Crippen molar-refractivity contribution in [3.05, 3.63) is 72.5 Å². The molecule has 1 aliphatic rings. The standard InChI is InChI=1S/C18H18N2O3/c1-14-12-17(23-20(14)16-10-6-3-7-11-16)13-22-18(21)19-15-8-4-2-5-9-15/h2-12,14H,13H2,1H3,(H,19,21)/t14-/m1/s1. The Balaban J connectivity index is 1.51. The first kappa shape index (κ1) is 15.0. The molecule has 118 valence electrons. The maximum absolute atomic E-state index is 11.8. The average Bonchev–Trinajstić information content (AvgIpc) is 2.96. The van der Waals surface area contributed by atoms with Gasteiger partial charge in [-0.3, -0.25) is 5.32 Å². The summed E-state index contributed by atoms with van der Waals surface area (Å²) in [7, 11) is 0. The SMILES string of the molecule is C[C@@H]1C=C(COC(=O)Nc2ccccc2)ON1c1ccccc1. The maximum atomic E-state index is 11.8. The van der Waals surface area contributed by atoms with Gasteiger partial charge in [0.05, 0.1) is 11.7 Å². The van der Waals surface area contributed by atoms with Crippen LogP contribution in [0.25, 0.3) is 0 Å². The third-order valence-electron chi connectivity index (χ3n) is 3.39. The van der Waals surface area contributed by atoms with Crippen molar-refractivity contribution < 1.29 is 14.4 Å². The van der Waals surface area contributed by atoms with E-state index in [4.69, 9.17) is 9.57 Å². The number of amides is 1. The van der Waals surface area contributed by atoms with Crippen LogP contribution >= 0.6 is 0 Å². The number of benzene rings is 2. The van der Waals surface area contributed by atoms with Crippen molar-refractivity contribution >= 4 is 17.5 Å². The van der Waals surface area contributed by atoms with Gasteiger partial charge in [0.1, 0.15) is 0 Å². The summed E-state index contributed by atoms with van der Waals surface area (Å²) in [6.45, 7) is 2.11. The van der Waals surface area contributed by atoms with Crippen molar-refractivity contribution in [3.63, 3.8) is 0 Å². The minimum absolute atomic E-state index is 0.0770. The van der Waals surface area contributed by atoms with Crippen molar-refractivity contribution in [3.8, 4) is 0 Å². The monoisotopic (exact) mass is 310 g/mol. The third kappa shape index (κ3) is 3.83. The fourth-order valence-electron chi connectivity index (χ4n) is 2.33. The number of nitrogens with zero attached hydrogens (tertiary/aromatic N) is 1. The Kier molecular flexibility index (Phi) is 4.47. The van der Waals surface area contributed by atoms with Crippen molar-refractivity contribution in [1.82, 2.24) is 0 Å². The summed E-state index contributed by atoms with van der Waals surface area (Å²) >= 11 is 0. The Morgan fingerprint density at radius 3 is 2.48 bits per heavy atom. The van der Waals surface area contributed by atoms with Crippen LogP contribution in [0.4, 0.5) is 16.2 Å². The first-order chi connectivity index (χ1) is 11.2. The number of carbonyl (C=O) groups excluding carboxylic acids is 1. The largest absolute Gasteiger partial charge is 0.441 e. The van der Waals surface area contributed by atoms with Crippen molar-refractivity contribution in [2.75, 3.05) is 17.0 Å². The second kappa shape index (κ2) is 6.87. The van der Waals surface area contributed by atoms with Crippen LogP contribution < -0.4 is 10.4 Å². The van der Waals surface area contributed by atoms with Gasteiger partial charge in [0.15, 0.2) is 12.4 Å². The molecule has 1 aliphatic heterocycles. The lowest BCUT2D eigenvalue weighted by Crippen LogP contribution is -2.26. The van der Waals surface area contributed by atoms with E-state index in [0.29, 0.717) is 11.4 Å². The molecule has 0 saturated heterocycles. The highest BCUT2D eigenvalue weighted by Gasteiger charge is 2.24. The van der Waals surface area contributed by atoms with Crippen molar-refractivity contribution in [2.45, 2.75) is 13.0 Å². The molecule has 5 heteroatoms. The highest BCUT2D eigenvalue weighted by molar-refractivity contribution is 5.84. The maximum Gasteiger partial charge on any atom is 0.412 e. The van der Waals surface area contributed by atoms with Gasteiger partial charge < -0.3 is 9.57 Å². The topological polar surface area (TPSA) is 50.8 Å². The predicted octanol–water partition coefficient (Wildman–Crippen LogP) is 3.96. The van der Waals surface area contributed by atoms with Crippen LogP contribution in [-0.2, 0) is 9.57 Å². The second-order valence-corrected chi connectivity index (χ2v) is 5.19. The van der Waals surface area contributed by atoms with Crippen LogP contribution in [0.1, 0.15) is 6.92 Å². The Morgan fingerprint density at radius 1 is 1.13 bits per heavy atom. The van der Waals surface area contributed by atoms with E-state index in [1.807, 2.05) is 61.5 Å². The molecular weight excluding hydrogens is 292 g/mol. The molecule has 2 aromatic rings. The zero-order valence-electron chi connectivity index (χ0n) is 12.8. The zero-order chi connectivity index (χ0) is 16.1. The summed E-state index contributed by atoms with van der Waals surface area (Å²) in [6, 6.07) is 19.0. The first-order valence-corrected chi connectivity index (χ1v) is 7.44. The third-order valence-corrected chi connectivity index (χ3v) is 3.39. The van der Waals surface area contributed by atoms with Crippen LogP contribution in [0, 0.1) is 0 Å². The van der Waals surface area contributed by atoms with E-state index < -0.39 is 6.09 Å². The Labute approximate surface area is 135 Å². The predicted molar refractivity (Wildman–Crippen MR) is 89.0 cm³/mol. The zero-order valence-corrected chi connectivity index (χ0v) is 12.8. The number of para-hydroxylation sites is 2. The average molecular weight is 310 g/mol. The smallest absolute Gasteiger partial charge is 0.412 e. The van der Waals surface area contributed by atoms with Crippen molar-refractivity contribution in [1.29, 1.82) is 0 Å². The second-order valence-electron chi connectivity index (χ2n) is 5.19. The molecule has 23 heavy (non-hydrogen) atoms. The number of anilines is 2. The van der Waals surface area contributed by atoms with Crippen LogP contribution in [0.3, 0.4) is 0 Å². The summed E-state index contributed by atoms with van der Waals surface area (Å²) in [4.78, 5) is 17.5. The van der Waals surface area contributed by atoms with Crippen LogP contribution in [-0.4, -0.2) is 18.7 Å². The molecule has 0 saturated carbocycles. The number of hydrogen-bond donors (Lipinski definition) is 1. The fraction of sp³-hybridized carbons (Fsp3) is 0.167. The molecule has 1 N–H and O–H groups in total. The first-order valence-electron chi connectivity index (χ1n) is 7.44. The molecule has 1 amide bonds. The quantitative estimate of drug-likeness (QED) is 0.928. The van der Waals surface area contributed by atoms with E-state index in [2.05, 4.69) is 5.32 Å². The number of nitrogens with one attached hydrogen (secondary N) is 1. The van der Waals surface area contributed by atoms with Gasteiger partial charge >= 0.3 is 6.09 Å². The van der Waals surface area contributed by atoms with Gasteiger partial charge in [-0.25, -0.2) is 9.86 Å². The molecule has 0 spiro atoms. The molecule has 0 aliphatic carbocycles. The number of rotatable bonds is 4. The molecule has 1 heterocycles. The van der Waals surface area contributed by atoms with E-state index in [1.165, 1.54) is 0 Å². The van der Waals surface area contributed by atoms with Gasteiger partial charge in [0.2, 0.25) is 0 Å². The lowest BCUT2D eigenvalue weighted by Gasteiger charge is -2.22. The van der Waals surface area contributed by atoms with E-state index in [0.717, 1.165) is 5.69 Å². The molecule has 2 aromatic carbocycles. The minimum Gasteiger partial charge on any atom is -0.441 e. The van der Waals surface area contributed by atoms with E-state index >= 15 is 0 Å². The molecule has 3 rings (SSSR count). The Hall–Kier alpha value is -2.95. The van der Waals surface area contributed by atoms with Gasteiger partial charge in [-0.1, -0.05) is 36.4 Å². The minimum atomic E-state index is -0.508. The summed E-state index contributed by atoms with van der Waals surface area (Å²) < 4.78 is 5.19. The van der Waals surface area contributed by atoms with E-state index in [1.54, 1.807) is 17.2 Å². The fourth-order valence-corrected chi connectivity index (χ4v) is 2.33. The van der Waals surface area contributed by atoms with Gasteiger partial charge in [-0.2, -0.15) is 0 Å². The van der Waals surface area contributed by atoms with Gasteiger partial charge in [0, 0.05) is 5.69 Å². The van der Waals surface area contributed by atoms with Crippen LogP contribution in [0.15, 0.2) is 72.5 Å². The molecule has 0 aromatic heterocycles. The van der Waals surface area contributed by atoms with E-state index in [9.17, 15) is 4.79 Å². The van der Waals surface area contributed by atoms with Crippen molar-refractivity contribution in [2.24, 2.45) is 0 Å². The van der Waals surface area contributed by atoms with Crippen LogP contribution in [0.2, 0.25) is 0 Å². The molecule has 1 atom stereocenters. The Bertz CT molecular complexity index is 686. The summed E-state index contributed by atoms with van der Waals surface area (Å²) in [5.74, 6) is 0.615. The number of hydroxylamine groups is 1. The normalized spacial score (nSPS) is 16.5. The molecule has 0 fully saturated rings. The number of hydrogen-bond acceptors (Lipinski definition) is 4. The van der Waals surface area contributed by atoms with Gasteiger partial charge in [-0.05, 0) is 37.3 Å². The molecule has 0 radical (unpaired) electrons. The Morgan fingerprint density at radius 2 is 1.78 bits per heavy atom. The van der Waals surface area contributed by atoms with Gasteiger partial charge in [0.25, 0.3) is 0 Å². The summed E-state index contributed by atoms with van der Waals surface area (Å²) in [6.07, 6.45) is 1.43. The number of ether oxygens (including phenoxy) is 1. The van der Waals surface area contributed by atoms with Gasteiger partial charge in [-0.15, -0.1) is 0 Å². The lowest BCUT2D eigenvalue weighted by molar-refractivity contribution is 0.127. The number of carbonyl (C=O) groups is 1. The summed E-state index contributed by atoms with van der Waals surface area (Å²) in [5, 5.41) is 4.45. The van der Waals surface area contributed by atoms with E-state index in [-0.39, 0.29) is 12.6 Å². The molecular formula is C18H18N2O3. The molecule has 0 bridgehead atoms. The summed E-state index contributed by atoms with van der Waals surface area (Å²) in [5.41, 5.74) is 1.65. The molecule has 0 unspecified atom stereocenters. The molecule has 5 nitrogen and oxygen atoms in total. The highest BCUT2D eigenvalue weighted by Crippen LogP contribution is 2.25. The lowest BCUT2D eigenvalue weighted by atomic mass is 10.2.